The lowest BCUT2D eigenvalue weighted by Gasteiger charge is -2.11. The van der Waals surface area contributed by atoms with Crippen molar-refractivity contribution in [2.75, 3.05) is 13.1 Å². The molecule has 1 saturated carbocycles. The van der Waals surface area contributed by atoms with Gasteiger partial charge >= 0.3 is 0 Å². The van der Waals surface area contributed by atoms with Gasteiger partial charge in [0.1, 0.15) is 6.54 Å². The SMILES string of the molecule is CCNCCc1cn(CC(=O)NC2CCCC2)cn1. The Bertz CT molecular complexity index is 396. The maximum Gasteiger partial charge on any atom is 0.240 e. The lowest BCUT2D eigenvalue weighted by atomic mass is 10.2. The molecule has 1 aliphatic carbocycles. The molecule has 0 atom stereocenters. The molecule has 0 aliphatic heterocycles. The number of carbonyl (C=O) groups is 1. The van der Waals surface area contributed by atoms with Crippen LogP contribution in [-0.2, 0) is 17.8 Å². The number of aromatic nitrogens is 2. The van der Waals surface area contributed by atoms with Crippen molar-refractivity contribution in [3.8, 4) is 0 Å². The molecule has 0 aromatic carbocycles. The molecule has 0 radical (unpaired) electrons. The highest BCUT2D eigenvalue weighted by Crippen LogP contribution is 2.17. The van der Waals surface area contributed by atoms with E-state index in [9.17, 15) is 4.79 Å². The molecule has 106 valence electrons. The topological polar surface area (TPSA) is 59.0 Å². The van der Waals surface area contributed by atoms with E-state index in [4.69, 9.17) is 0 Å². The maximum atomic E-state index is 11.9. The van der Waals surface area contributed by atoms with Crippen LogP contribution < -0.4 is 10.6 Å². The Kier molecular flexibility index (Phi) is 5.39. The highest BCUT2D eigenvalue weighted by molar-refractivity contribution is 5.76. The van der Waals surface area contributed by atoms with Gasteiger partial charge in [-0.3, -0.25) is 4.79 Å². The van der Waals surface area contributed by atoms with Crippen molar-refractivity contribution in [1.82, 2.24) is 20.2 Å². The molecule has 1 fully saturated rings. The van der Waals surface area contributed by atoms with Crippen LogP contribution in [0.3, 0.4) is 0 Å². The van der Waals surface area contributed by atoms with E-state index in [0.717, 1.165) is 38.0 Å². The lowest BCUT2D eigenvalue weighted by molar-refractivity contribution is -0.122. The van der Waals surface area contributed by atoms with Crippen molar-refractivity contribution in [3.63, 3.8) is 0 Å². The zero-order valence-corrected chi connectivity index (χ0v) is 11.7. The van der Waals surface area contributed by atoms with Crippen LogP contribution in [-0.4, -0.2) is 34.6 Å². The van der Waals surface area contributed by atoms with E-state index in [1.807, 2.05) is 10.8 Å². The molecule has 0 saturated heterocycles. The van der Waals surface area contributed by atoms with Crippen molar-refractivity contribution in [2.24, 2.45) is 0 Å². The first-order valence-corrected chi connectivity index (χ1v) is 7.28. The number of rotatable bonds is 7. The van der Waals surface area contributed by atoms with Gasteiger partial charge in [0.2, 0.25) is 5.91 Å². The summed E-state index contributed by atoms with van der Waals surface area (Å²) < 4.78 is 1.87. The van der Waals surface area contributed by atoms with Crippen LogP contribution in [0, 0.1) is 0 Å². The summed E-state index contributed by atoms with van der Waals surface area (Å²) in [5.74, 6) is 0.0996. The first-order valence-electron chi connectivity index (χ1n) is 7.28. The largest absolute Gasteiger partial charge is 0.352 e. The number of amides is 1. The second-order valence-electron chi connectivity index (χ2n) is 5.19. The molecular formula is C14H24N4O. The molecule has 1 heterocycles. The first-order chi connectivity index (χ1) is 9.28. The van der Waals surface area contributed by atoms with Gasteiger partial charge in [0, 0.05) is 25.2 Å². The smallest absolute Gasteiger partial charge is 0.240 e. The van der Waals surface area contributed by atoms with Crippen molar-refractivity contribution >= 4 is 5.91 Å². The summed E-state index contributed by atoms with van der Waals surface area (Å²) in [5.41, 5.74) is 1.04. The zero-order chi connectivity index (χ0) is 13.5. The van der Waals surface area contributed by atoms with E-state index in [1.54, 1.807) is 6.33 Å². The number of carbonyl (C=O) groups excluding carboxylic acids is 1. The van der Waals surface area contributed by atoms with Crippen LogP contribution in [0.25, 0.3) is 0 Å². The van der Waals surface area contributed by atoms with Gasteiger partial charge in [0.25, 0.3) is 0 Å². The molecule has 1 aromatic heterocycles. The monoisotopic (exact) mass is 264 g/mol. The van der Waals surface area contributed by atoms with Gasteiger partial charge in [0.05, 0.1) is 12.0 Å². The average molecular weight is 264 g/mol. The number of hydrogen-bond acceptors (Lipinski definition) is 3. The zero-order valence-electron chi connectivity index (χ0n) is 11.7. The van der Waals surface area contributed by atoms with Gasteiger partial charge in [-0.1, -0.05) is 19.8 Å². The van der Waals surface area contributed by atoms with E-state index in [0.29, 0.717) is 12.6 Å². The van der Waals surface area contributed by atoms with Gasteiger partial charge in [-0.15, -0.1) is 0 Å². The summed E-state index contributed by atoms with van der Waals surface area (Å²) >= 11 is 0. The van der Waals surface area contributed by atoms with Crippen LogP contribution in [0.4, 0.5) is 0 Å². The molecule has 2 N–H and O–H groups in total. The summed E-state index contributed by atoms with van der Waals surface area (Å²) in [6.07, 6.45) is 9.36. The van der Waals surface area contributed by atoms with Gasteiger partial charge in [-0.2, -0.15) is 0 Å². The number of hydrogen-bond donors (Lipinski definition) is 2. The Morgan fingerprint density at radius 3 is 3.00 bits per heavy atom. The fourth-order valence-corrected chi connectivity index (χ4v) is 2.52. The molecule has 1 amide bonds. The number of likely N-dealkylation sites (N-methyl/N-ethyl adjacent to an activating group) is 1. The normalized spacial score (nSPS) is 15.8. The van der Waals surface area contributed by atoms with Crippen LogP contribution >= 0.6 is 0 Å². The summed E-state index contributed by atoms with van der Waals surface area (Å²) in [4.78, 5) is 16.2. The van der Waals surface area contributed by atoms with E-state index in [1.165, 1.54) is 12.8 Å². The summed E-state index contributed by atoms with van der Waals surface area (Å²) in [6.45, 7) is 4.38. The van der Waals surface area contributed by atoms with E-state index < -0.39 is 0 Å². The number of nitrogens with zero attached hydrogens (tertiary/aromatic N) is 2. The quantitative estimate of drug-likeness (QED) is 0.725. The Hall–Kier alpha value is -1.36. The molecule has 5 heteroatoms. The fourth-order valence-electron chi connectivity index (χ4n) is 2.52. The molecular weight excluding hydrogens is 240 g/mol. The molecule has 0 bridgehead atoms. The molecule has 1 aromatic rings. The first kappa shape index (κ1) is 14.1. The lowest BCUT2D eigenvalue weighted by Crippen LogP contribution is -2.34. The summed E-state index contributed by atoms with van der Waals surface area (Å²) in [6, 6.07) is 0.393. The van der Waals surface area contributed by atoms with Gasteiger partial charge in [-0.25, -0.2) is 4.98 Å². The minimum absolute atomic E-state index is 0.0996. The molecule has 2 rings (SSSR count). The fraction of sp³-hybridized carbons (Fsp3) is 0.714. The average Bonchev–Trinajstić information content (AvgIpc) is 3.02. The maximum absolute atomic E-state index is 11.9. The van der Waals surface area contributed by atoms with Crippen molar-refractivity contribution in [1.29, 1.82) is 0 Å². The van der Waals surface area contributed by atoms with E-state index in [2.05, 4.69) is 22.5 Å². The molecule has 0 spiro atoms. The molecule has 5 nitrogen and oxygen atoms in total. The third-order valence-electron chi connectivity index (χ3n) is 3.54. The Morgan fingerprint density at radius 2 is 2.26 bits per heavy atom. The number of imidazole rings is 1. The Labute approximate surface area is 114 Å². The standard InChI is InChI=1S/C14H24N4O/c1-2-15-8-7-13-9-18(11-16-13)10-14(19)17-12-5-3-4-6-12/h9,11-12,15H,2-8,10H2,1H3,(H,17,19). The predicted molar refractivity (Wildman–Crippen MR) is 74.9 cm³/mol. The minimum Gasteiger partial charge on any atom is -0.352 e. The van der Waals surface area contributed by atoms with Crippen LogP contribution in [0.1, 0.15) is 38.3 Å². The van der Waals surface area contributed by atoms with Gasteiger partial charge < -0.3 is 15.2 Å². The minimum atomic E-state index is 0.0996. The number of nitrogens with one attached hydrogen (secondary N) is 2. The van der Waals surface area contributed by atoms with E-state index in [-0.39, 0.29) is 5.91 Å². The Balaban J connectivity index is 1.73. The molecule has 0 unspecified atom stereocenters. The highest BCUT2D eigenvalue weighted by Gasteiger charge is 2.17. The highest BCUT2D eigenvalue weighted by atomic mass is 16.2. The van der Waals surface area contributed by atoms with Crippen LogP contribution in [0.15, 0.2) is 12.5 Å². The van der Waals surface area contributed by atoms with Crippen LogP contribution in [0.2, 0.25) is 0 Å². The third-order valence-corrected chi connectivity index (χ3v) is 3.54. The second kappa shape index (κ2) is 7.28. The predicted octanol–water partition coefficient (Wildman–Crippen LogP) is 1.09. The van der Waals surface area contributed by atoms with Crippen molar-refractivity contribution < 1.29 is 4.79 Å². The summed E-state index contributed by atoms with van der Waals surface area (Å²) in [7, 11) is 0. The van der Waals surface area contributed by atoms with Gasteiger partial charge in [-0.05, 0) is 19.4 Å². The van der Waals surface area contributed by atoms with Crippen molar-refractivity contribution in [2.45, 2.75) is 51.6 Å². The van der Waals surface area contributed by atoms with E-state index >= 15 is 0 Å². The summed E-state index contributed by atoms with van der Waals surface area (Å²) in [5, 5.41) is 6.36. The Morgan fingerprint density at radius 1 is 1.47 bits per heavy atom. The molecule has 19 heavy (non-hydrogen) atoms. The second-order valence-corrected chi connectivity index (χ2v) is 5.19. The van der Waals surface area contributed by atoms with Gasteiger partial charge in [0.15, 0.2) is 0 Å². The molecule has 1 aliphatic rings. The third kappa shape index (κ3) is 4.67. The van der Waals surface area contributed by atoms with Crippen molar-refractivity contribution in [3.05, 3.63) is 18.2 Å². The van der Waals surface area contributed by atoms with Crippen LogP contribution in [0.5, 0.6) is 0 Å².